The molecule has 0 bridgehead atoms. The molecule has 4 nitrogen and oxygen atoms in total. The highest BCUT2D eigenvalue weighted by atomic mass is 16.1. The molecular weight excluding hydrogens is 384 g/mol. The summed E-state index contributed by atoms with van der Waals surface area (Å²) in [5, 5.41) is 2.31. The number of aromatic nitrogens is 2. The lowest BCUT2D eigenvalue weighted by Gasteiger charge is -2.20. The first-order valence-corrected chi connectivity index (χ1v) is 10.6. The third kappa shape index (κ3) is 3.32. The quantitative estimate of drug-likeness (QED) is 0.377. The van der Waals surface area contributed by atoms with Gasteiger partial charge in [-0.2, -0.15) is 0 Å². The summed E-state index contributed by atoms with van der Waals surface area (Å²) >= 11 is 0. The summed E-state index contributed by atoms with van der Waals surface area (Å²) in [4.78, 5) is 31.7. The molecule has 31 heavy (non-hydrogen) atoms. The van der Waals surface area contributed by atoms with Gasteiger partial charge in [-0.25, -0.2) is 0 Å². The minimum absolute atomic E-state index is 0.0537. The fourth-order valence-corrected chi connectivity index (χ4v) is 5.14. The molecule has 0 fully saturated rings. The smallest absolute Gasteiger partial charge is 0.161 e. The summed E-state index contributed by atoms with van der Waals surface area (Å²) in [6, 6.07) is 14.6. The standard InChI is InChI=1S/C27H28N2O2/c1-14-23(18(5)30)16(3)28-26(14)25(27-15(2)24(19(6)31)17(4)29-27)22-13-9-11-20-10-7-8-12-21(20)22/h7-13,25,28-29H,1-6H3. The van der Waals surface area contributed by atoms with Gasteiger partial charge in [-0.05, 0) is 69.0 Å². The van der Waals surface area contributed by atoms with Crippen LogP contribution in [-0.4, -0.2) is 21.5 Å². The normalized spacial score (nSPS) is 11.5. The second kappa shape index (κ2) is 7.69. The van der Waals surface area contributed by atoms with Crippen molar-refractivity contribution in [2.45, 2.75) is 47.5 Å². The predicted molar refractivity (Wildman–Crippen MR) is 125 cm³/mol. The number of ketones is 2. The topological polar surface area (TPSA) is 65.7 Å². The first-order chi connectivity index (χ1) is 14.7. The summed E-state index contributed by atoms with van der Waals surface area (Å²) < 4.78 is 0. The van der Waals surface area contributed by atoms with Crippen molar-refractivity contribution in [3.63, 3.8) is 0 Å². The largest absolute Gasteiger partial charge is 0.361 e. The number of nitrogens with one attached hydrogen (secondary N) is 2. The fourth-order valence-electron chi connectivity index (χ4n) is 5.14. The van der Waals surface area contributed by atoms with Crippen LogP contribution in [0.3, 0.4) is 0 Å². The third-order valence-corrected chi connectivity index (χ3v) is 6.37. The first-order valence-electron chi connectivity index (χ1n) is 10.6. The molecule has 0 unspecified atom stereocenters. The molecule has 4 aromatic rings. The van der Waals surface area contributed by atoms with Crippen LogP contribution in [0.15, 0.2) is 42.5 Å². The molecule has 0 atom stereocenters. The van der Waals surface area contributed by atoms with Gasteiger partial charge < -0.3 is 9.97 Å². The lowest BCUT2D eigenvalue weighted by molar-refractivity contribution is 0.100. The molecule has 0 amide bonds. The lowest BCUT2D eigenvalue weighted by Crippen LogP contribution is -2.09. The Morgan fingerprint density at radius 2 is 1.19 bits per heavy atom. The van der Waals surface area contributed by atoms with Gasteiger partial charge in [-0.1, -0.05) is 42.5 Å². The van der Waals surface area contributed by atoms with Gasteiger partial charge in [0, 0.05) is 33.9 Å². The van der Waals surface area contributed by atoms with Crippen LogP contribution in [0.5, 0.6) is 0 Å². The molecule has 4 rings (SSSR count). The molecule has 0 spiro atoms. The van der Waals surface area contributed by atoms with Crippen molar-refractivity contribution in [3.05, 3.63) is 93.1 Å². The van der Waals surface area contributed by atoms with E-state index in [0.29, 0.717) is 0 Å². The summed E-state index contributed by atoms with van der Waals surface area (Å²) in [6.07, 6.45) is 0. The van der Waals surface area contributed by atoms with E-state index in [0.717, 1.165) is 61.4 Å². The average molecular weight is 413 g/mol. The number of benzene rings is 2. The molecular formula is C27H28N2O2. The third-order valence-electron chi connectivity index (χ3n) is 6.37. The maximum absolute atomic E-state index is 12.4. The highest BCUT2D eigenvalue weighted by Gasteiger charge is 2.30. The summed E-state index contributed by atoms with van der Waals surface area (Å²) in [7, 11) is 0. The van der Waals surface area contributed by atoms with E-state index in [-0.39, 0.29) is 17.5 Å². The van der Waals surface area contributed by atoms with E-state index in [9.17, 15) is 9.59 Å². The highest BCUT2D eigenvalue weighted by Crippen LogP contribution is 2.40. The van der Waals surface area contributed by atoms with Crippen molar-refractivity contribution in [3.8, 4) is 0 Å². The predicted octanol–water partition coefficient (Wildman–Crippen LogP) is 6.32. The Kier molecular flexibility index (Phi) is 5.18. The summed E-state index contributed by atoms with van der Waals surface area (Å²) in [6.45, 7) is 11.1. The molecule has 0 aliphatic carbocycles. The number of fused-ring (bicyclic) bond motifs is 1. The van der Waals surface area contributed by atoms with Crippen LogP contribution in [0.25, 0.3) is 10.8 Å². The molecule has 2 heterocycles. The number of carbonyl (C=O) groups excluding carboxylic acids is 2. The fraction of sp³-hybridized carbons (Fsp3) is 0.259. The monoisotopic (exact) mass is 412 g/mol. The zero-order chi connectivity index (χ0) is 22.4. The van der Waals surface area contributed by atoms with E-state index in [2.05, 4.69) is 40.3 Å². The number of aromatic amines is 2. The van der Waals surface area contributed by atoms with Crippen LogP contribution in [-0.2, 0) is 0 Å². The Bertz CT molecular complexity index is 1270. The number of hydrogen-bond acceptors (Lipinski definition) is 2. The summed E-state index contributed by atoms with van der Waals surface area (Å²) in [5.74, 6) is -0.0549. The van der Waals surface area contributed by atoms with E-state index in [1.807, 2.05) is 39.8 Å². The van der Waals surface area contributed by atoms with Gasteiger partial charge in [-0.3, -0.25) is 9.59 Å². The number of H-pyrrole nitrogens is 2. The Hall–Kier alpha value is -3.40. The minimum atomic E-state index is -0.162. The molecule has 4 heteroatoms. The maximum atomic E-state index is 12.4. The van der Waals surface area contributed by atoms with Crippen LogP contribution < -0.4 is 0 Å². The van der Waals surface area contributed by atoms with Crippen molar-refractivity contribution >= 4 is 22.3 Å². The van der Waals surface area contributed by atoms with Crippen molar-refractivity contribution < 1.29 is 9.59 Å². The van der Waals surface area contributed by atoms with Crippen LogP contribution in [0.1, 0.15) is 79.9 Å². The van der Waals surface area contributed by atoms with Gasteiger partial charge in [0.1, 0.15) is 0 Å². The second-order valence-corrected chi connectivity index (χ2v) is 8.44. The SMILES string of the molecule is CC(=O)c1c(C)[nH]c(C(c2[nH]c(C)c(C(C)=O)c2C)c2cccc3ccccc23)c1C. The zero-order valence-corrected chi connectivity index (χ0v) is 18.9. The maximum Gasteiger partial charge on any atom is 0.161 e. The van der Waals surface area contributed by atoms with Gasteiger partial charge in [0.05, 0.1) is 5.92 Å². The van der Waals surface area contributed by atoms with Crippen molar-refractivity contribution in [1.29, 1.82) is 0 Å². The Labute approximate surface area is 182 Å². The molecule has 0 saturated heterocycles. The van der Waals surface area contributed by atoms with E-state index in [4.69, 9.17) is 0 Å². The van der Waals surface area contributed by atoms with Gasteiger partial charge >= 0.3 is 0 Å². The van der Waals surface area contributed by atoms with Gasteiger partial charge in [0.25, 0.3) is 0 Å². The molecule has 2 N–H and O–H groups in total. The highest BCUT2D eigenvalue weighted by molar-refractivity contribution is 5.98. The zero-order valence-electron chi connectivity index (χ0n) is 18.9. The number of hydrogen-bond donors (Lipinski definition) is 2. The minimum Gasteiger partial charge on any atom is -0.361 e. The Balaban J connectivity index is 2.09. The van der Waals surface area contributed by atoms with Crippen LogP contribution in [0, 0.1) is 27.7 Å². The lowest BCUT2D eigenvalue weighted by atomic mass is 9.84. The molecule has 2 aromatic carbocycles. The molecule has 158 valence electrons. The average Bonchev–Trinajstić information content (AvgIpc) is 3.17. The van der Waals surface area contributed by atoms with Gasteiger partial charge in [0.15, 0.2) is 11.6 Å². The molecule has 0 aliphatic rings. The number of carbonyl (C=O) groups is 2. The van der Waals surface area contributed by atoms with Crippen molar-refractivity contribution in [2.24, 2.45) is 0 Å². The van der Waals surface area contributed by atoms with E-state index in [1.165, 1.54) is 0 Å². The van der Waals surface area contributed by atoms with E-state index >= 15 is 0 Å². The molecule has 0 saturated carbocycles. The molecule has 2 aromatic heterocycles. The Morgan fingerprint density at radius 3 is 1.68 bits per heavy atom. The van der Waals surface area contributed by atoms with Crippen LogP contribution in [0.2, 0.25) is 0 Å². The van der Waals surface area contributed by atoms with Crippen LogP contribution in [0.4, 0.5) is 0 Å². The van der Waals surface area contributed by atoms with Gasteiger partial charge in [0.2, 0.25) is 0 Å². The Morgan fingerprint density at radius 1 is 0.710 bits per heavy atom. The second-order valence-electron chi connectivity index (χ2n) is 8.44. The number of rotatable bonds is 5. The first kappa shape index (κ1) is 20.9. The van der Waals surface area contributed by atoms with Crippen molar-refractivity contribution in [2.75, 3.05) is 0 Å². The molecule has 0 radical (unpaired) electrons. The van der Waals surface area contributed by atoms with Crippen LogP contribution >= 0.6 is 0 Å². The van der Waals surface area contributed by atoms with Crippen molar-refractivity contribution in [1.82, 2.24) is 9.97 Å². The summed E-state index contributed by atoms with van der Waals surface area (Å²) in [5.41, 5.74) is 8.25. The van der Waals surface area contributed by atoms with E-state index in [1.54, 1.807) is 13.8 Å². The molecule has 0 aliphatic heterocycles. The number of aryl methyl sites for hydroxylation is 2. The van der Waals surface area contributed by atoms with E-state index < -0.39 is 0 Å². The van der Waals surface area contributed by atoms with Gasteiger partial charge in [-0.15, -0.1) is 0 Å². The number of Topliss-reactive ketones (excluding diaryl/α,β-unsaturated/α-hetero) is 2.